The van der Waals surface area contributed by atoms with Crippen molar-refractivity contribution in [1.29, 1.82) is 0 Å². The number of carbonyl (C=O) groups excluding carboxylic acids is 2. The Morgan fingerprint density at radius 3 is 2.55 bits per heavy atom. The van der Waals surface area contributed by atoms with Crippen molar-refractivity contribution >= 4 is 22.6 Å². The molecule has 0 aliphatic carbocycles. The van der Waals surface area contributed by atoms with E-state index in [0.717, 1.165) is 23.8 Å². The zero-order valence-corrected chi connectivity index (χ0v) is 18.3. The molecule has 0 spiro atoms. The first-order valence-electron chi connectivity index (χ1n) is 10.6. The molecule has 1 saturated heterocycles. The predicted molar refractivity (Wildman–Crippen MR) is 117 cm³/mol. The van der Waals surface area contributed by atoms with Crippen LogP contribution in [0.4, 0.5) is 0 Å². The smallest absolute Gasteiger partial charge is 0.328 e. The van der Waals surface area contributed by atoms with Crippen molar-refractivity contribution in [2.24, 2.45) is 5.41 Å². The normalized spacial score (nSPS) is 18.1. The van der Waals surface area contributed by atoms with Gasteiger partial charge in [0.15, 0.2) is 0 Å². The van der Waals surface area contributed by atoms with Crippen molar-refractivity contribution in [2.45, 2.75) is 65.8 Å². The van der Waals surface area contributed by atoms with Gasteiger partial charge in [0.2, 0.25) is 5.91 Å². The molecule has 0 radical (unpaired) electrons. The van der Waals surface area contributed by atoms with Crippen molar-refractivity contribution in [3.8, 4) is 0 Å². The maximum atomic E-state index is 13.2. The number of aryl methyl sites for hydroxylation is 1. The van der Waals surface area contributed by atoms with Crippen LogP contribution in [0, 0.1) is 12.3 Å². The van der Waals surface area contributed by atoms with E-state index in [1.165, 1.54) is 10.9 Å². The first-order chi connectivity index (χ1) is 13.7. The molecule has 0 N–H and O–H groups in total. The summed E-state index contributed by atoms with van der Waals surface area (Å²) in [7, 11) is 0. The van der Waals surface area contributed by atoms with E-state index < -0.39 is 6.04 Å². The number of benzene rings is 2. The molecule has 1 aliphatic rings. The average Bonchev–Trinajstić information content (AvgIpc) is 3.15. The molecule has 2 aromatic rings. The molecule has 0 saturated carbocycles. The summed E-state index contributed by atoms with van der Waals surface area (Å²) in [6, 6.07) is 12.1. The van der Waals surface area contributed by atoms with Crippen molar-refractivity contribution in [3.05, 3.63) is 47.5 Å². The van der Waals surface area contributed by atoms with Crippen LogP contribution in [0.2, 0.25) is 0 Å². The fraction of sp³-hybridized carbons (Fsp3) is 0.520. The lowest BCUT2D eigenvalue weighted by Crippen LogP contribution is -2.43. The van der Waals surface area contributed by atoms with Gasteiger partial charge in [-0.05, 0) is 54.9 Å². The first-order valence-corrected chi connectivity index (χ1v) is 10.6. The second kappa shape index (κ2) is 8.56. The molecule has 1 heterocycles. The van der Waals surface area contributed by atoms with Crippen LogP contribution in [0.1, 0.15) is 64.0 Å². The van der Waals surface area contributed by atoms with E-state index in [0.29, 0.717) is 19.6 Å². The first kappa shape index (κ1) is 21.4. The zero-order chi connectivity index (χ0) is 21.2. The van der Waals surface area contributed by atoms with Gasteiger partial charge in [-0.3, -0.25) is 4.79 Å². The molecule has 4 nitrogen and oxygen atoms in total. The molecule has 156 valence electrons. The highest BCUT2D eigenvalue weighted by atomic mass is 16.5. The quantitative estimate of drug-likeness (QED) is 0.652. The minimum atomic E-state index is -0.451. The molecular formula is C25H33NO3. The Balaban J connectivity index is 1.69. The number of nitrogens with zero attached hydrogens (tertiary/aromatic N) is 1. The highest BCUT2D eigenvalue weighted by molar-refractivity contribution is 5.91. The molecule has 1 unspecified atom stereocenters. The number of fused-ring (bicyclic) bond motifs is 1. The van der Waals surface area contributed by atoms with Gasteiger partial charge in [-0.1, -0.05) is 62.7 Å². The summed E-state index contributed by atoms with van der Waals surface area (Å²) in [5.74, 6) is -0.545. The van der Waals surface area contributed by atoms with Gasteiger partial charge >= 0.3 is 5.97 Å². The molecule has 29 heavy (non-hydrogen) atoms. The van der Waals surface area contributed by atoms with Crippen LogP contribution in [0.3, 0.4) is 0 Å². The highest BCUT2D eigenvalue weighted by Crippen LogP contribution is 2.28. The van der Waals surface area contributed by atoms with Crippen LogP contribution >= 0.6 is 0 Å². The van der Waals surface area contributed by atoms with Crippen LogP contribution in [0.15, 0.2) is 36.4 Å². The SMILES string of the molecule is Cc1ccc2cc([C@H](C)C(=O)N3CCCC3C(=O)OCCC(C)(C)C)ccc2c1. The van der Waals surface area contributed by atoms with E-state index in [1.54, 1.807) is 4.90 Å². The minimum Gasteiger partial charge on any atom is -0.464 e. The number of hydrogen-bond donors (Lipinski definition) is 0. The van der Waals surface area contributed by atoms with Crippen molar-refractivity contribution in [2.75, 3.05) is 13.2 Å². The summed E-state index contributed by atoms with van der Waals surface area (Å²) < 4.78 is 5.50. The van der Waals surface area contributed by atoms with E-state index in [9.17, 15) is 9.59 Å². The van der Waals surface area contributed by atoms with Crippen LogP contribution in [0.5, 0.6) is 0 Å². The number of rotatable bonds is 5. The highest BCUT2D eigenvalue weighted by Gasteiger charge is 2.37. The molecule has 0 aromatic heterocycles. The monoisotopic (exact) mass is 395 g/mol. The van der Waals surface area contributed by atoms with Gasteiger partial charge in [-0.25, -0.2) is 4.79 Å². The molecule has 1 fully saturated rings. The second-order valence-electron chi connectivity index (χ2n) is 9.50. The van der Waals surface area contributed by atoms with Gasteiger partial charge in [0.05, 0.1) is 12.5 Å². The molecule has 4 heteroatoms. The number of hydrogen-bond acceptors (Lipinski definition) is 3. The number of esters is 1. The Hall–Kier alpha value is -2.36. The second-order valence-corrected chi connectivity index (χ2v) is 9.50. The molecular weight excluding hydrogens is 362 g/mol. The van der Waals surface area contributed by atoms with Gasteiger partial charge < -0.3 is 9.64 Å². The average molecular weight is 396 g/mol. The summed E-state index contributed by atoms with van der Waals surface area (Å²) in [6.07, 6.45) is 2.34. The van der Waals surface area contributed by atoms with Gasteiger partial charge in [-0.2, -0.15) is 0 Å². The summed E-state index contributed by atoms with van der Waals surface area (Å²) in [5.41, 5.74) is 2.33. The van der Waals surface area contributed by atoms with Gasteiger partial charge in [0.25, 0.3) is 0 Å². The molecule has 2 aromatic carbocycles. The summed E-state index contributed by atoms with van der Waals surface area (Å²) in [4.78, 5) is 27.5. The number of carbonyl (C=O) groups is 2. The van der Waals surface area contributed by atoms with E-state index in [-0.39, 0.29) is 23.2 Å². The topological polar surface area (TPSA) is 46.6 Å². The minimum absolute atomic E-state index is 0.00623. The number of ether oxygens (including phenoxy) is 1. The largest absolute Gasteiger partial charge is 0.464 e. The van der Waals surface area contributed by atoms with Gasteiger partial charge in [0, 0.05) is 6.54 Å². The lowest BCUT2D eigenvalue weighted by atomic mass is 9.93. The van der Waals surface area contributed by atoms with Crippen LogP contribution in [0.25, 0.3) is 10.8 Å². The standard InChI is InChI=1S/C25H33NO3/c1-17-8-9-21-16-19(10-11-20(21)15-17)18(2)23(27)26-13-6-7-22(26)24(28)29-14-12-25(3,4)5/h8-11,15-16,18,22H,6-7,12-14H2,1-5H3/t18-,22?/m0/s1. The Kier molecular flexibility index (Phi) is 6.30. The number of amides is 1. The summed E-state index contributed by atoms with van der Waals surface area (Å²) >= 11 is 0. The lowest BCUT2D eigenvalue weighted by molar-refractivity contribution is -0.154. The third kappa shape index (κ3) is 5.17. The molecule has 3 rings (SSSR count). The van der Waals surface area contributed by atoms with Crippen molar-refractivity contribution in [1.82, 2.24) is 4.90 Å². The van der Waals surface area contributed by atoms with Gasteiger partial charge in [0.1, 0.15) is 6.04 Å². The van der Waals surface area contributed by atoms with E-state index in [4.69, 9.17) is 4.74 Å². The van der Waals surface area contributed by atoms with Crippen LogP contribution in [-0.4, -0.2) is 36.0 Å². The zero-order valence-electron chi connectivity index (χ0n) is 18.3. The third-order valence-electron chi connectivity index (χ3n) is 5.79. The van der Waals surface area contributed by atoms with Crippen molar-refractivity contribution < 1.29 is 14.3 Å². The molecule has 1 aliphatic heterocycles. The van der Waals surface area contributed by atoms with E-state index in [1.807, 2.05) is 13.0 Å². The van der Waals surface area contributed by atoms with Gasteiger partial charge in [-0.15, -0.1) is 0 Å². The maximum absolute atomic E-state index is 13.2. The maximum Gasteiger partial charge on any atom is 0.328 e. The fourth-order valence-corrected chi connectivity index (χ4v) is 3.87. The summed E-state index contributed by atoms with van der Waals surface area (Å²) in [6.45, 7) is 11.4. The molecule has 0 bridgehead atoms. The van der Waals surface area contributed by atoms with E-state index >= 15 is 0 Å². The Bertz CT molecular complexity index is 897. The molecule has 2 atom stereocenters. The lowest BCUT2D eigenvalue weighted by Gasteiger charge is -2.27. The van der Waals surface area contributed by atoms with Crippen molar-refractivity contribution in [3.63, 3.8) is 0 Å². The van der Waals surface area contributed by atoms with Crippen LogP contribution < -0.4 is 0 Å². The Morgan fingerprint density at radius 2 is 1.83 bits per heavy atom. The summed E-state index contributed by atoms with van der Waals surface area (Å²) in [5, 5.41) is 2.31. The van der Waals surface area contributed by atoms with E-state index in [2.05, 4.69) is 58.0 Å². The Labute approximate surface area is 174 Å². The molecule has 1 amide bonds. The fourth-order valence-electron chi connectivity index (χ4n) is 3.87. The Morgan fingerprint density at radius 1 is 1.14 bits per heavy atom. The number of likely N-dealkylation sites (tertiary alicyclic amines) is 1. The third-order valence-corrected chi connectivity index (χ3v) is 5.79. The van der Waals surface area contributed by atoms with Crippen LogP contribution in [-0.2, 0) is 14.3 Å². The predicted octanol–water partition coefficient (Wildman–Crippen LogP) is 5.22.